The van der Waals surface area contributed by atoms with Crippen LogP contribution in [0.1, 0.15) is 10.4 Å². The van der Waals surface area contributed by atoms with Gasteiger partial charge >= 0.3 is 0 Å². The van der Waals surface area contributed by atoms with Gasteiger partial charge in [-0.1, -0.05) is 30.3 Å². The largest absolute Gasteiger partial charge is 0.375 e. The molecule has 2 nitrogen and oxygen atoms in total. The Labute approximate surface area is 105 Å². The van der Waals surface area contributed by atoms with Crippen LogP contribution in [-0.2, 0) is 0 Å². The Hall–Kier alpha value is -1.74. The van der Waals surface area contributed by atoms with Crippen LogP contribution in [0.2, 0.25) is 0 Å². The highest BCUT2D eigenvalue weighted by Crippen LogP contribution is 2.19. The number of hydrogen-bond acceptors (Lipinski definition) is 3. The second-order valence-corrected chi connectivity index (χ2v) is 4.53. The van der Waals surface area contributed by atoms with E-state index in [4.69, 9.17) is 0 Å². The van der Waals surface area contributed by atoms with Crippen LogP contribution in [0.4, 0.5) is 5.69 Å². The number of hydrogen-bond donors (Lipinski definition) is 1. The second kappa shape index (κ2) is 6.11. The SMILES string of the molecule is O=Cc1ccccc1NCSc1ccccc1. The molecule has 0 bridgehead atoms. The summed E-state index contributed by atoms with van der Waals surface area (Å²) in [5, 5.41) is 3.24. The molecular weight excluding hydrogens is 230 g/mol. The molecule has 0 aliphatic rings. The Morgan fingerprint density at radius 1 is 1.00 bits per heavy atom. The molecule has 0 spiro atoms. The summed E-state index contributed by atoms with van der Waals surface area (Å²) in [5.41, 5.74) is 1.58. The van der Waals surface area contributed by atoms with Crippen molar-refractivity contribution in [1.82, 2.24) is 0 Å². The van der Waals surface area contributed by atoms with Crippen LogP contribution >= 0.6 is 11.8 Å². The lowest BCUT2D eigenvalue weighted by atomic mass is 10.2. The number of nitrogens with one attached hydrogen (secondary N) is 1. The first-order chi connectivity index (χ1) is 8.40. The average Bonchev–Trinajstić information content (AvgIpc) is 2.40. The van der Waals surface area contributed by atoms with E-state index >= 15 is 0 Å². The summed E-state index contributed by atoms with van der Waals surface area (Å²) in [5.74, 6) is 0.745. The number of rotatable bonds is 5. The third kappa shape index (κ3) is 3.36. The monoisotopic (exact) mass is 243 g/mol. The Balaban J connectivity index is 1.92. The van der Waals surface area contributed by atoms with Crippen molar-refractivity contribution in [3.05, 3.63) is 60.2 Å². The van der Waals surface area contributed by atoms with Crippen LogP contribution in [-0.4, -0.2) is 12.2 Å². The van der Waals surface area contributed by atoms with Crippen molar-refractivity contribution in [2.75, 3.05) is 11.2 Å². The Kier molecular flexibility index (Phi) is 4.22. The van der Waals surface area contributed by atoms with Gasteiger partial charge in [0.1, 0.15) is 0 Å². The van der Waals surface area contributed by atoms with Crippen molar-refractivity contribution in [1.29, 1.82) is 0 Å². The lowest BCUT2D eigenvalue weighted by molar-refractivity contribution is 0.112. The van der Waals surface area contributed by atoms with E-state index in [0.29, 0.717) is 5.56 Å². The normalized spacial score (nSPS) is 9.88. The van der Waals surface area contributed by atoms with Crippen molar-refractivity contribution in [3.63, 3.8) is 0 Å². The number of para-hydroxylation sites is 1. The zero-order chi connectivity index (χ0) is 11.9. The highest BCUT2D eigenvalue weighted by Gasteiger charge is 1.99. The number of benzene rings is 2. The van der Waals surface area contributed by atoms with Gasteiger partial charge in [-0.15, -0.1) is 11.8 Å². The van der Waals surface area contributed by atoms with Crippen molar-refractivity contribution in [2.24, 2.45) is 0 Å². The fraction of sp³-hybridized carbons (Fsp3) is 0.0714. The highest BCUT2D eigenvalue weighted by molar-refractivity contribution is 7.99. The van der Waals surface area contributed by atoms with Crippen LogP contribution in [0.15, 0.2) is 59.5 Å². The number of carbonyl (C=O) groups excluding carboxylic acids is 1. The minimum absolute atomic E-state index is 0.696. The standard InChI is InChI=1S/C14H13NOS/c16-10-12-6-4-5-9-14(12)15-11-17-13-7-2-1-3-8-13/h1-10,15H,11H2. The van der Waals surface area contributed by atoms with E-state index < -0.39 is 0 Å². The molecule has 86 valence electrons. The summed E-state index contributed by atoms with van der Waals surface area (Å²) in [6.07, 6.45) is 0.871. The van der Waals surface area contributed by atoms with Gasteiger partial charge in [-0.2, -0.15) is 0 Å². The molecule has 0 aromatic heterocycles. The van der Waals surface area contributed by atoms with E-state index in [0.717, 1.165) is 17.9 Å². The van der Waals surface area contributed by atoms with E-state index in [1.807, 2.05) is 42.5 Å². The predicted octanol–water partition coefficient (Wildman–Crippen LogP) is 3.66. The Morgan fingerprint density at radius 3 is 2.47 bits per heavy atom. The van der Waals surface area contributed by atoms with Gasteiger partial charge in [-0.3, -0.25) is 4.79 Å². The summed E-state index contributed by atoms with van der Waals surface area (Å²) in [6.45, 7) is 0. The molecule has 2 aromatic carbocycles. The zero-order valence-corrected chi connectivity index (χ0v) is 10.1. The zero-order valence-electron chi connectivity index (χ0n) is 9.30. The van der Waals surface area contributed by atoms with E-state index in [1.54, 1.807) is 11.8 Å². The lowest BCUT2D eigenvalue weighted by Gasteiger charge is -2.07. The summed E-state index contributed by atoms with van der Waals surface area (Å²) in [7, 11) is 0. The van der Waals surface area contributed by atoms with Gasteiger partial charge in [-0.25, -0.2) is 0 Å². The van der Waals surface area contributed by atoms with Gasteiger partial charge in [0.15, 0.2) is 6.29 Å². The minimum atomic E-state index is 0.696. The second-order valence-electron chi connectivity index (χ2n) is 3.48. The van der Waals surface area contributed by atoms with Crippen LogP contribution in [0.3, 0.4) is 0 Å². The Bertz CT molecular complexity index is 485. The molecule has 0 saturated heterocycles. The first kappa shape index (κ1) is 11.7. The topological polar surface area (TPSA) is 29.1 Å². The molecular formula is C14H13NOS. The average molecular weight is 243 g/mol. The van der Waals surface area contributed by atoms with E-state index in [9.17, 15) is 4.79 Å². The number of carbonyl (C=O) groups is 1. The molecule has 0 saturated carbocycles. The minimum Gasteiger partial charge on any atom is -0.375 e. The molecule has 0 amide bonds. The predicted molar refractivity (Wildman–Crippen MR) is 72.6 cm³/mol. The van der Waals surface area contributed by atoms with Crippen molar-refractivity contribution in [3.8, 4) is 0 Å². The van der Waals surface area contributed by atoms with Crippen LogP contribution in [0, 0.1) is 0 Å². The fourth-order valence-corrected chi connectivity index (χ4v) is 2.22. The van der Waals surface area contributed by atoms with Gasteiger partial charge in [-0.05, 0) is 24.3 Å². The molecule has 2 aromatic rings. The summed E-state index contributed by atoms with van der Waals surface area (Å²) in [4.78, 5) is 12.0. The van der Waals surface area contributed by atoms with Gasteiger partial charge in [0.2, 0.25) is 0 Å². The fourth-order valence-electron chi connectivity index (χ4n) is 1.47. The summed E-state index contributed by atoms with van der Waals surface area (Å²) in [6, 6.07) is 17.7. The smallest absolute Gasteiger partial charge is 0.152 e. The van der Waals surface area contributed by atoms with Crippen LogP contribution in [0.25, 0.3) is 0 Å². The van der Waals surface area contributed by atoms with Crippen molar-refractivity contribution >= 4 is 23.7 Å². The molecule has 1 N–H and O–H groups in total. The number of thioether (sulfide) groups is 1. The van der Waals surface area contributed by atoms with Gasteiger partial charge in [0.05, 0.1) is 5.88 Å². The summed E-state index contributed by atoms with van der Waals surface area (Å²) >= 11 is 1.71. The van der Waals surface area contributed by atoms with E-state index in [-0.39, 0.29) is 0 Å². The molecule has 0 aliphatic carbocycles. The molecule has 0 heterocycles. The maximum absolute atomic E-state index is 10.8. The lowest BCUT2D eigenvalue weighted by Crippen LogP contribution is -2.00. The maximum Gasteiger partial charge on any atom is 0.152 e. The molecule has 17 heavy (non-hydrogen) atoms. The quantitative estimate of drug-likeness (QED) is 0.493. The van der Waals surface area contributed by atoms with Crippen LogP contribution in [0.5, 0.6) is 0 Å². The number of anilines is 1. The molecule has 0 aliphatic heterocycles. The maximum atomic E-state index is 10.8. The molecule has 0 radical (unpaired) electrons. The molecule has 0 unspecified atom stereocenters. The van der Waals surface area contributed by atoms with Gasteiger partial charge in [0.25, 0.3) is 0 Å². The van der Waals surface area contributed by atoms with Crippen molar-refractivity contribution in [2.45, 2.75) is 4.90 Å². The molecule has 2 rings (SSSR count). The third-order valence-electron chi connectivity index (χ3n) is 2.33. The molecule has 0 atom stereocenters. The summed E-state index contributed by atoms with van der Waals surface area (Å²) < 4.78 is 0. The molecule has 3 heteroatoms. The first-order valence-electron chi connectivity index (χ1n) is 5.36. The molecule has 0 fully saturated rings. The first-order valence-corrected chi connectivity index (χ1v) is 6.34. The van der Waals surface area contributed by atoms with Gasteiger partial charge < -0.3 is 5.32 Å². The van der Waals surface area contributed by atoms with Crippen molar-refractivity contribution < 1.29 is 4.79 Å². The highest BCUT2D eigenvalue weighted by atomic mass is 32.2. The van der Waals surface area contributed by atoms with Gasteiger partial charge in [0, 0.05) is 16.1 Å². The van der Waals surface area contributed by atoms with E-state index in [1.165, 1.54) is 4.90 Å². The Morgan fingerprint density at radius 2 is 1.71 bits per heavy atom. The number of aldehydes is 1. The van der Waals surface area contributed by atoms with Crippen LogP contribution < -0.4 is 5.32 Å². The third-order valence-corrected chi connectivity index (χ3v) is 3.23. The van der Waals surface area contributed by atoms with E-state index in [2.05, 4.69) is 17.4 Å².